The van der Waals surface area contributed by atoms with Gasteiger partial charge in [0.25, 0.3) is 0 Å². The molecule has 0 bridgehead atoms. The number of unbranched alkanes of at least 4 members (excludes halogenated alkanes) is 29. The predicted octanol–water partition coefficient (Wildman–Crippen LogP) is 16.5. The molecule has 0 saturated carbocycles. The normalized spacial score (nSPS) is 15.9. The molecule has 2 nitrogen and oxygen atoms in total. The van der Waals surface area contributed by atoms with E-state index in [1.165, 1.54) is 223 Å². The lowest BCUT2D eigenvalue weighted by Crippen LogP contribution is -2.43. The van der Waals surface area contributed by atoms with Gasteiger partial charge >= 0.3 is 6.34 Å². The number of hydrogen-bond donors (Lipinski definition) is 0. The third kappa shape index (κ3) is 23.6. The van der Waals surface area contributed by atoms with Crippen LogP contribution in [0.15, 0.2) is 73.1 Å². The molecule has 2 unspecified atom stereocenters. The molecule has 55 heavy (non-hydrogen) atoms. The summed E-state index contributed by atoms with van der Waals surface area (Å²) in [7, 11) is 0. The lowest BCUT2D eigenvalue weighted by Gasteiger charge is -2.25. The second kappa shape index (κ2) is 32.8. The Morgan fingerprint density at radius 3 is 1.15 bits per heavy atom. The van der Waals surface area contributed by atoms with E-state index in [1.807, 2.05) is 0 Å². The molecule has 3 rings (SSSR count). The first-order valence-electron chi connectivity index (χ1n) is 24.5. The monoisotopic (exact) mass is 755 g/mol. The van der Waals surface area contributed by atoms with Crippen LogP contribution in [-0.4, -0.2) is 35.0 Å². The highest BCUT2D eigenvalue weighted by Gasteiger charge is 2.34. The summed E-state index contributed by atoms with van der Waals surface area (Å²) >= 11 is 0. The van der Waals surface area contributed by atoms with Crippen molar-refractivity contribution in [2.45, 2.75) is 225 Å². The molecule has 0 spiro atoms. The van der Waals surface area contributed by atoms with Crippen LogP contribution in [-0.2, 0) is 6.42 Å². The first-order chi connectivity index (χ1) is 27.2. The fourth-order valence-electron chi connectivity index (χ4n) is 8.97. The van der Waals surface area contributed by atoms with Crippen LogP contribution in [0.5, 0.6) is 0 Å². The Morgan fingerprint density at radius 2 is 0.764 bits per heavy atom. The van der Waals surface area contributed by atoms with E-state index in [4.69, 9.17) is 0 Å². The van der Waals surface area contributed by atoms with Crippen molar-refractivity contribution in [3.05, 3.63) is 84.2 Å². The molecule has 0 N–H and O–H groups in total. The lowest BCUT2D eigenvalue weighted by molar-refractivity contribution is -0.790. The fraction of sp³-hybridized carbons (Fsp3) is 0.717. The number of benzene rings is 2. The van der Waals surface area contributed by atoms with Crippen LogP contribution in [0, 0.1) is 0 Å². The van der Waals surface area contributed by atoms with Gasteiger partial charge in [-0.1, -0.05) is 248 Å². The highest BCUT2D eigenvalue weighted by atomic mass is 15.4. The van der Waals surface area contributed by atoms with Crippen LogP contribution in [0.1, 0.15) is 230 Å². The van der Waals surface area contributed by atoms with E-state index in [-0.39, 0.29) is 0 Å². The smallest absolute Gasteiger partial charge is 0.211 e. The van der Waals surface area contributed by atoms with Gasteiger partial charge in [0.15, 0.2) is 12.7 Å². The van der Waals surface area contributed by atoms with Gasteiger partial charge in [-0.05, 0) is 43.2 Å². The Kier molecular flexibility index (Phi) is 28.2. The summed E-state index contributed by atoms with van der Waals surface area (Å²) < 4.78 is 3.61. The van der Waals surface area contributed by atoms with E-state index in [2.05, 4.69) is 97.8 Å². The van der Waals surface area contributed by atoms with Crippen molar-refractivity contribution in [3.8, 4) is 0 Å². The molecule has 0 saturated heterocycles. The average molecular weight is 755 g/mol. The number of hydrogen-bond acceptors (Lipinski definition) is 0. The molecule has 2 aromatic rings. The van der Waals surface area contributed by atoms with Crippen molar-refractivity contribution in [2.24, 2.45) is 0 Å². The van der Waals surface area contributed by atoms with Gasteiger partial charge < -0.3 is 0 Å². The number of quaternary nitrogens is 1. The quantitative estimate of drug-likeness (QED) is 0.0365. The minimum atomic E-state index is 0.478. The zero-order chi connectivity index (χ0) is 38.8. The number of rotatable bonds is 38. The predicted molar refractivity (Wildman–Crippen MR) is 244 cm³/mol. The van der Waals surface area contributed by atoms with Gasteiger partial charge in [-0.15, -0.1) is 0 Å². The van der Waals surface area contributed by atoms with Crippen molar-refractivity contribution < 1.29 is 9.06 Å². The molecule has 1 aliphatic rings. The second-order valence-electron chi connectivity index (χ2n) is 17.7. The maximum absolute atomic E-state index is 2.61. The van der Waals surface area contributed by atoms with Gasteiger partial charge in [0.05, 0.1) is 13.1 Å². The average Bonchev–Trinajstić information content (AvgIpc) is 3.61. The standard InChI is InChI=1S/C53H90N2/c1-3-5-7-9-11-13-15-17-19-21-23-25-27-29-31-39-46-55(45-38-30-28-26-24-22-20-18-16-14-12-10-8-6-4-2)47-44-54(50-55)49-53(52-42-36-33-37-43-52)48-51-40-34-32-35-41-51/h32-37,40-44,47,50,53H,3-31,38-39,45-46,48-49H2,1-2H3/q+2. The minimum absolute atomic E-state index is 0.478. The lowest BCUT2D eigenvalue weighted by atomic mass is 9.92. The Hall–Kier alpha value is -2.19. The fourth-order valence-corrected chi connectivity index (χ4v) is 8.97. The minimum Gasteiger partial charge on any atom is -0.211 e. The van der Waals surface area contributed by atoms with Crippen molar-refractivity contribution in [1.82, 2.24) is 0 Å². The van der Waals surface area contributed by atoms with Crippen molar-refractivity contribution in [2.75, 3.05) is 19.6 Å². The summed E-state index contributed by atoms with van der Waals surface area (Å²) in [6.45, 7) is 8.20. The Balaban J connectivity index is 1.38. The summed E-state index contributed by atoms with van der Waals surface area (Å²) in [6, 6.07) is 22.4. The summed E-state index contributed by atoms with van der Waals surface area (Å²) in [5, 5.41) is 0. The molecule has 0 aliphatic carbocycles. The van der Waals surface area contributed by atoms with Crippen LogP contribution in [0.25, 0.3) is 0 Å². The molecule has 0 fully saturated rings. The third-order valence-corrected chi connectivity index (χ3v) is 12.6. The maximum atomic E-state index is 2.61. The van der Waals surface area contributed by atoms with Crippen molar-refractivity contribution in [1.29, 1.82) is 0 Å². The molecule has 0 aromatic heterocycles. The van der Waals surface area contributed by atoms with Crippen LogP contribution < -0.4 is 0 Å². The Labute approximate surface area is 343 Å². The van der Waals surface area contributed by atoms with Gasteiger partial charge in [0.1, 0.15) is 0 Å². The van der Waals surface area contributed by atoms with E-state index >= 15 is 0 Å². The zero-order valence-electron chi connectivity index (χ0n) is 36.7. The first-order valence-corrected chi connectivity index (χ1v) is 24.5. The van der Waals surface area contributed by atoms with E-state index < -0.39 is 0 Å². The summed E-state index contributed by atoms with van der Waals surface area (Å²) in [4.78, 5) is 0. The second-order valence-corrected chi connectivity index (χ2v) is 17.7. The summed E-state index contributed by atoms with van der Waals surface area (Å²) in [6.07, 6.45) is 53.1. The van der Waals surface area contributed by atoms with Gasteiger partial charge in [-0.2, -0.15) is 4.58 Å². The number of nitrogens with zero attached hydrogens (tertiary/aromatic N) is 2. The highest BCUT2D eigenvalue weighted by molar-refractivity contribution is 5.43. The van der Waals surface area contributed by atoms with Gasteiger partial charge in [0, 0.05) is 5.92 Å². The van der Waals surface area contributed by atoms with Gasteiger partial charge in [-0.25, -0.2) is 4.48 Å². The largest absolute Gasteiger partial charge is 0.336 e. The molecule has 310 valence electrons. The summed E-state index contributed by atoms with van der Waals surface area (Å²) in [5.41, 5.74) is 2.89. The van der Waals surface area contributed by atoms with E-state index in [0.717, 1.165) is 17.4 Å². The molecule has 2 aromatic carbocycles. The molecule has 0 amide bonds. The van der Waals surface area contributed by atoms with E-state index in [0.29, 0.717) is 5.92 Å². The van der Waals surface area contributed by atoms with Crippen LogP contribution in [0.4, 0.5) is 0 Å². The zero-order valence-corrected chi connectivity index (χ0v) is 36.7. The van der Waals surface area contributed by atoms with Gasteiger partial charge in [-0.3, -0.25) is 0 Å². The molecule has 2 atom stereocenters. The topological polar surface area (TPSA) is 3.01 Å². The molecule has 2 heteroatoms. The molecular formula is C53H90N2+2. The maximum Gasteiger partial charge on any atom is 0.336 e. The van der Waals surface area contributed by atoms with Crippen LogP contribution in [0.3, 0.4) is 0 Å². The van der Waals surface area contributed by atoms with Gasteiger partial charge in [0.2, 0.25) is 6.20 Å². The molecular weight excluding hydrogens is 665 g/mol. The first kappa shape index (κ1) is 47.2. The third-order valence-electron chi connectivity index (χ3n) is 12.6. The van der Waals surface area contributed by atoms with Crippen molar-refractivity contribution >= 4 is 6.34 Å². The summed E-state index contributed by atoms with van der Waals surface area (Å²) in [5.74, 6) is 0.478. The Bertz CT molecular complexity index is 1190. The van der Waals surface area contributed by atoms with Crippen LogP contribution >= 0.6 is 0 Å². The van der Waals surface area contributed by atoms with E-state index in [1.54, 1.807) is 0 Å². The Morgan fingerprint density at radius 1 is 0.418 bits per heavy atom. The highest BCUT2D eigenvalue weighted by Crippen LogP contribution is 2.25. The van der Waals surface area contributed by atoms with Crippen LogP contribution in [0.2, 0.25) is 0 Å². The molecule has 1 aliphatic heterocycles. The SMILES string of the molecule is CCCCCCCCCCCCCCCCCC[N+]1(CCCCCCCCCCCCCCCCC)C=C[N+](CC(Cc2ccccc2)c2ccccc2)=C1. The molecule has 1 heterocycles. The van der Waals surface area contributed by atoms with E-state index in [9.17, 15) is 0 Å². The van der Waals surface area contributed by atoms with Crippen molar-refractivity contribution in [3.63, 3.8) is 0 Å². The molecule has 0 radical (unpaired) electrons.